The summed E-state index contributed by atoms with van der Waals surface area (Å²) in [4.78, 5) is 13.4. The average molecular weight is 473 g/mol. The minimum absolute atomic E-state index is 0.164. The topological polar surface area (TPSA) is 29.1 Å². The van der Waals surface area contributed by atoms with Crippen molar-refractivity contribution in [2.75, 3.05) is 6.54 Å². The number of rotatable bonds is 5. The predicted octanol–water partition coefficient (Wildman–Crippen LogP) is 6.30. The Kier molecular flexibility index (Phi) is 5.03. The molecule has 4 fully saturated rings. The van der Waals surface area contributed by atoms with Crippen LogP contribution in [0.2, 0.25) is 5.02 Å². The molecular formula is C25H27BrClNO. The van der Waals surface area contributed by atoms with Gasteiger partial charge in [0.25, 0.3) is 0 Å². The minimum Gasteiger partial charge on any atom is -0.355 e. The van der Waals surface area contributed by atoms with Gasteiger partial charge in [0.2, 0.25) is 5.91 Å². The Bertz CT molecular complexity index is 893. The van der Waals surface area contributed by atoms with Crippen molar-refractivity contribution in [3.63, 3.8) is 0 Å². The Balaban J connectivity index is 1.32. The largest absolute Gasteiger partial charge is 0.355 e. The molecule has 0 saturated heterocycles. The van der Waals surface area contributed by atoms with Crippen molar-refractivity contribution in [1.82, 2.24) is 5.32 Å². The molecule has 4 aliphatic carbocycles. The maximum Gasteiger partial charge on any atom is 0.226 e. The number of amides is 1. The van der Waals surface area contributed by atoms with E-state index in [0.717, 1.165) is 35.2 Å². The molecule has 4 saturated carbocycles. The Morgan fingerprint density at radius 3 is 2.31 bits per heavy atom. The molecule has 0 radical (unpaired) electrons. The Hall–Kier alpha value is -1.32. The summed E-state index contributed by atoms with van der Waals surface area (Å²) in [5, 5.41) is 4.10. The van der Waals surface area contributed by atoms with Gasteiger partial charge in [-0.15, -0.1) is 0 Å². The highest BCUT2D eigenvalue weighted by Gasteiger charge is 2.60. The third-order valence-corrected chi connectivity index (χ3v) is 8.39. The minimum atomic E-state index is -0.177. The lowest BCUT2D eigenvalue weighted by Gasteiger charge is -2.61. The summed E-state index contributed by atoms with van der Waals surface area (Å²) >= 11 is 9.62. The van der Waals surface area contributed by atoms with Gasteiger partial charge in [0.1, 0.15) is 0 Å². The van der Waals surface area contributed by atoms with Crippen molar-refractivity contribution in [2.24, 2.45) is 17.3 Å². The van der Waals surface area contributed by atoms with Gasteiger partial charge >= 0.3 is 0 Å². The second-order valence-electron chi connectivity index (χ2n) is 9.66. The standard InChI is InChI=1S/C25H27BrClNO/c26-21-5-1-17(2-6-21)9-10-28-23(29)25-14-18-11-19(15-25)13-24(12-18,16-25)20-3-7-22(27)8-4-20/h1-8,18-19H,9-16H2,(H,28,29). The number of hydrogen-bond donors (Lipinski definition) is 1. The summed E-state index contributed by atoms with van der Waals surface area (Å²) < 4.78 is 1.09. The van der Waals surface area contributed by atoms with E-state index in [4.69, 9.17) is 11.6 Å². The molecule has 1 amide bonds. The molecule has 2 aromatic carbocycles. The van der Waals surface area contributed by atoms with Crippen LogP contribution in [-0.4, -0.2) is 12.5 Å². The number of carbonyl (C=O) groups is 1. The van der Waals surface area contributed by atoms with Gasteiger partial charge in [-0.1, -0.05) is 51.8 Å². The average Bonchev–Trinajstić information content (AvgIpc) is 2.69. The maximum absolute atomic E-state index is 13.4. The molecule has 2 unspecified atom stereocenters. The first-order valence-electron chi connectivity index (χ1n) is 10.8. The highest BCUT2D eigenvalue weighted by molar-refractivity contribution is 9.10. The van der Waals surface area contributed by atoms with Crippen LogP contribution in [0.3, 0.4) is 0 Å². The van der Waals surface area contributed by atoms with Gasteiger partial charge in [0, 0.05) is 16.0 Å². The molecule has 0 aromatic heterocycles. The number of nitrogens with one attached hydrogen (secondary N) is 1. The van der Waals surface area contributed by atoms with Gasteiger partial charge < -0.3 is 5.32 Å². The van der Waals surface area contributed by atoms with Crippen molar-refractivity contribution in [3.05, 3.63) is 69.2 Å². The molecule has 4 bridgehead atoms. The first-order chi connectivity index (χ1) is 14.0. The smallest absolute Gasteiger partial charge is 0.226 e. The summed E-state index contributed by atoms with van der Waals surface area (Å²) in [6.45, 7) is 0.714. The Morgan fingerprint density at radius 1 is 1.00 bits per heavy atom. The summed E-state index contributed by atoms with van der Waals surface area (Å²) in [6.07, 6.45) is 7.80. The van der Waals surface area contributed by atoms with E-state index >= 15 is 0 Å². The lowest BCUT2D eigenvalue weighted by atomic mass is 9.42. The fourth-order valence-electron chi connectivity index (χ4n) is 6.83. The third kappa shape index (κ3) is 3.65. The second kappa shape index (κ2) is 7.42. The molecular weight excluding hydrogens is 446 g/mol. The third-order valence-electron chi connectivity index (χ3n) is 7.61. The molecule has 1 N–H and O–H groups in total. The van der Waals surface area contributed by atoms with Crippen molar-refractivity contribution in [3.8, 4) is 0 Å². The molecule has 29 heavy (non-hydrogen) atoms. The first-order valence-corrected chi connectivity index (χ1v) is 11.9. The van der Waals surface area contributed by atoms with Crippen LogP contribution < -0.4 is 5.32 Å². The molecule has 152 valence electrons. The number of hydrogen-bond acceptors (Lipinski definition) is 1. The van der Waals surface area contributed by atoms with Gasteiger partial charge in [-0.25, -0.2) is 0 Å². The zero-order chi connectivity index (χ0) is 20.1. The zero-order valence-electron chi connectivity index (χ0n) is 16.6. The SMILES string of the molecule is O=C(NCCc1ccc(Br)cc1)C12CC3CC(C1)CC(c1ccc(Cl)cc1)(C3)C2. The monoisotopic (exact) mass is 471 g/mol. The maximum atomic E-state index is 13.4. The van der Waals surface area contributed by atoms with Gasteiger partial charge in [-0.2, -0.15) is 0 Å². The van der Waals surface area contributed by atoms with Gasteiger partial charge in [0.15, 0.2) is 0 Å². The molecule has 4 aliphatic rings. The Labute approximate surface area is 186 Å². The molecule has 4 heteroatoms. The molecule has 2 nitrogen and oxygen atoms in total. The summed E-state index contributed by atoms with van der Waals surface area (Å²) in [7, 11) is 0. The van der Waals surface area contributed by atoms with Crippen molar-refractivity contribution >= 4 is 33.4 Å². The second-order valence-corrected chi connectivity index (χ2v) is 11.0. The van der Waals surface area contributed by atoms with Crippen molar-refractivity contribution in [2.45, 2.75) is 50.4 Å². The predicted molar refractivity (Wildman–Crippen MR) is 121 cm³/mol. The van der Waals surface area contributed by atoms with E-state index in [1.165, 1.54) is 30.4 Å². The zero-order valence-corrected chi connectivity index (χ0v) is 18.9. The van der Waals surface area contributed by atoms with Crippen LogP contribution in [-0.2, 0) is 16.6 Å². The van der Waals surface area contributed by atoms with Crippen LogP contribution in [0.1, 0.15) is 49.7 Å². The number of halogens is 2. The summed E-state index contributed by atoms with van der Waals surface area (Å²) in [5.41, 5.74) is 2.64. The van der Waals surface area contributed by atoms with Crippen LogP contribution in [0, 0.1) is 17.3 Å². The fraction of sp³-hybridized carbons (Fsp3) is 0.480. The van der Waals surface area contributed by atoms with Gasteiger partial charge in [0.05, 0.1) is 5.41 Å². The lowest BCUT2D eigenvalue weighted by Crippen LogP contribution is -2.59. The number of carbonyl (C=O) groups excluding carboxylic acids is 1. The molecule has 0 spiro atoms. The first kappa shape index (κ1) is 19.6. The highest BCUT2D eigenvalue weighted by atomic mass is 79.9. The van der Waals surface area contributed by atoms with E-state index in [-0.39, 0.29) is 10.8 Å². The van der Waals surface area contributed by atoms with Crippen molar-refractivity contribution in [1.29, 1.82) is 0 Å². The summed E-state index contributed by atoms with van der Waals surface area (Å²) in [6, 6.07) is 16.8. The van der Waals surface area contributed by atoms with E-state index in [0.29, 0.717) is 24.3 Å². The molecule has 0 aliphatic heterocycles. The number of benzene rings is 2. The van der Waals surface area contributed by atoms with Crippen LogP contribution in [0.15, 0.2) is 53.0 Å². The van der Waals surface area contributed by atoms with Crippen LogP contribution in [0.5, 0.6) is 0 Å². The van der Waals surface area contributed by atoms with E-state index < -0.39 is 0 Å². The summed E-state index contributed by atoms with van der Waals surface area (Å²) in [5.74, 6) is 1.66. The van der Waals surface area contributed by atoms with E-state index in [9.17, 15) is 4.79 Å². The molecule has 2 atom stereocenters. The van der Waals surface area contributed by atoms with E-state index in [1.54, 1.807) is 0 Å². The van der Waals surface area contributed by atoms with Gasteiger partial charge in [-0.3, -0.25) is 4.79 Å². The molecule has 0 heterocycles. The quantitative estimate of drug-likeness (QED) is 0.543. The normalized spacial score (nSPS) is 32.3. The lowest BCUT2D eigenvalue weighted by molar-refractivity contribution is -0.149. The van der Waals surface area contributed by atoms with E-state index in [1.807, 2.05) is 12.1 Å². The Morgan fingerprint density at radius 2 is 1.66 bits per heavy atom. The van der Waals surface area contributed by atoms with Crippen LogP contribution in [0.25, 0.3) is 0 Å². The molecule has 6 rings (SSSR count). The van der Waals surface area contributed by atoms with Crippen molar-refractivity contribution < 1.29 is 4.79 Å². The highest BCUT2D eigenvalue weighted by Crippen LogP contribution is 2.65. The van der Waals surface area contributed by atoms with E-state index in [2.05, 4.69) is 57.6 Å². The fourth-order valence-corrected chi connectivity index (χ4v) is 7.22. The van der Waals surface area contributed by atoms with Gasteiger partial charge in [-0.05, 0) is 97.6 Å². The molecule has 2 aromatic rings. The van der Waals surface area contributed by atoms with Crippen LogP contribution in [0.4, 0.5) is 0 Å². The van der Waals surface area contributed by atoms with Crippen LogP contribution >= 0.6 is 27.5 Å².